The second-order valence-corrected chi connectivity index (χ2v) is 5.81. The van der Waals surface area contributed by atoms with Gasteiger partial charge in [0, 0.05) is 23.5 Å². The van der Waals surface area contributed by atoms with Gasteiger partial charge in [-0.25, -0.2) is 4.98 Å². The zero-order valence-electron chi connectivity index (χ0n) is 11.7. The molecule has 0 radical (unpaired) electrons. The fourth-order valence-electron chi connectivity index (χ4n) is 2.22. The lowest BCUT2D eigenvalue weighted by Crippen LogP contribution is -2.32. The van der Waals surface area contributed by atoms with Crippen LogP contribution in [0.5, 0.6) is 0 Å². The molecule has 0 saturated heterocycles. The number of nitrogens with one attached hydrogen (secondary N) is 1. The van der Waals surface area contributed by atoms with Crippen molar-refractivity contribution in [2.24, 2.45) is 0 Å². The lowest BCUT2D eigenvalue weighted by molar-refractivity contribution is 0.352. The Labute approximate surface area is 117 Å². The van der Waals surface area contributed by atoms with E-state index in [1.807, 2.05) is 6.92 Å². The maximum Gasteiger partial charge on any atom is 0.251 e. The molecule has 0 aromatic carbocycles. The predicted octanol–water partition coefficient (Wildman–Crippen LogP) is 2.68. The molecule has 0 amide bonds. The maximum absolute atomic E-state index is 11.4. The van der Waals surface area contributed by atoms with Gasteiger partial charge in [0.05, 0.1) is 5.88 Å². The highest BCUT2D eigenvalue weighted by Gasteiger charge is 2.16. The highest BCUT2D eigenvalue weighted by atomic mass is 32.2. The zero-order valence-corrected chi connectivity index (χ0v) is 12.5. The summed E-state index contributed by atoms with van der Waals surface area (Å²) in [6.45, 7) is 8.23. The van der Waals surface area contributed by atoms with Gasteiger partial charge in [0.15, 0.2) is 5.16 Å². The molecule has 19 heavy (non-hydrogen) atoms. The van der Waals surface area contributed by atoms with Gasteiger partial charge in [-0.2, -0.15) is 0 Å². The molecular weight excluding hydrogens is 258 g/mol. The molecule has 5 heteroatoms. The molecule has 0 saturated carbocycles. The van der Waals surface area contributed by atoms with Crippen LogP contribution in [0.4, 0.5) is 0 Å². The average Bonchev–Trinajstić information content (AvgIpc) is 2.25. The van der Waals surface area contributed by atoms with Crippen LogP contribution in [0.2, 0.25) is 0 Å². The number of aryl methyl sites for hydroxylation is 1. The van der Waals surface area contributed by atoms with Crippen LogP contribution in [0.25, 0.3) is 0 Å². The van der Waals surface area contributed by atoms with Crippen molar-refractivity contribution in [1.29, 1.82) is 0 Å². The van der Waals surface area contributed by atoms with Crippen LogP contribution >= 0.6 is 11.8 Å². The van der Waals surface area contributed by atoms with Gasteiger partial charge in [-0.15, -0.1) is 0 Å². The highest BCUT2D eigenvalue weighted by molar-refractivity contribution is 7.99. The molecule has 4 nitrogen and oxygen atoms in total. The third kappa shape index (κ3) is 3.50. The molecule has 2 heterocycles. The summed E-state index contributed by atoms with van der Waals surface area (Å²) >= 11 is 1.55. The Hall–Kier alpha value is -1.49. The number of H-pyrrole nitrogens is 1. The van der Waals surface area contributed by atoms with Gasteiger partial charge < -0.3 is 9.88 Å². The summed E-state index contributed by atoms with van der Waals surface area (Å²) in [7, 11) is 0. The van der Waals surface area contributed by atoms with Crippen LogP contribution < -0.4 is 5.56 Å². The average molecular weight is 277 g/mol. The van der Waals surface area contributed by atoms with E-state index < -0.39 is 0 Å². The number of aromatic nitrogens is 2. The summed E-state index contributed by atoms with van der Waals surface area (Å²) in [5.74, 6) is 0.777. The fourth-order valence-corrected chi connectivity index (χ4v) is 3.30. The van der Waals surface area contributed by atoms with E-state index in [9.17, 15) is 4.79 Å². The summed E-state index contributed by atoms with van der Waals surface area (Å²) in [5, 5.41) is 0.677. The summed E-state index contributed by atoms with van der Waals surface area (Å²) < 4.78 is 0. The molecule has 2 rings (SSSR count). The van der Waals surface area contributed by atoms with Gasteiger partial charge in [-0.1, -0.05) is 23.4 Å². The van der Waals surface area contributed by atoms with E-state index in [-0.39, 0.29) is 5.56 Å². The van der Waals surface area contributed by atoms with Crippen LogP contribution in [0.15, 0.2) is 39.4 Å². The smallest absolute Gasteiger partial charge is 0.251 e. The van der Waals surface area contributed by atoms with Gasteiger partial charge >= 0.3 is 0 Å². The normalized spacial score (nSPS) is 19.2. The molecule has 1 aromatic heterocycles. The van der Waals surface area contributed by atoms with Crippen molar-refractivity contribution in [2.75, 3.05) is 5.88 Å². The molecule has 1 aliphatic rings. The van der Waals surface area contributed by atoms with Crippen LogP contribution in [-0.4, -0.2) is 26.8 Å². The Kier molecular flexibility index (Phi) is 4.14. The largest absolute Gasteiger partial charge is 0.359 e. The van der Waals surface area contributed by atoms with Gasteiger partial charge in [0.1, 0.15) is 0 Å². The van der Waals surface area contributed by atoms with Crippen molar-refractivity contribution in [3.63, 3.8) is 0 Å². The predicted molar refractivity (Wildman–Crippen MR) is 79.1 cm³/mol. The summed E-state index contributed by atoms with van der Waals surface area (Å²) in [6, 6.07) is 1.87. The second-order valence-electron chi connectivity index (χ2n) is 4.87. The Morgan fingerprint density at radius 1 is 1.42 bits per heavy atom. The molecule has 0 aliphatic carbocycles. The summed E-state index contributed by atoms with van der Waals surface area (Å²) in [4.78, 5) is 20.8. The topological polar surface area (TPSA) is 49.0 Å². The van der Waals surface area contributed by atoms with Crippen molar-refractivity contribution in [3.8, 4) is 0 Å². The monoisotopic (exact) mass is 277 g/mol. The lowest BCUT2D eigenvalue weighted by atomic mass is 10.1. The maximum atomic E-state index is 11.4. The molecule has 1 atom stereocenters. The van der Waals surface area contributed by atoms with Crippen molar-refractivity contribution in [2.45, 2.75) is 38.9 Å². The van der Waals surface area contributed by atoms with Crippen LogP contribution in [-0.2, 0) is 0 Å². The van der Waals surface area contributed by atoms with E-state index in [4.69, 9.17) is 0 Å². The minimum Gasteiger partial charge on any atom is -0.359 e. The number of aromatic amines is 1. The molecule has 1 aliphatic heterocycles. The van der Waals surface area contributed by atoms with Crippen molar-refractivity contribution in [3.05, 3.63) is 45.5 Å². The minimum absolute atomic E-state index is 0.0929. The minimum atomic E-state index is -0.0929. The molecule has 102 valence electrons. The molecule has 1 unspecified atom stereocenters. The third-order valence-corrected chi connectivity index (χ3v) is 3.95. The SMILES string of the molecule is CC1=CC(C)N(CSc2nc(C)cc(=O)[nH]2)C(C)=C1. The summed E-state index contributed by atoms with van der Waals surface area (Å²) in [6.07, 6.45) is 4.41. The van der Waals surface area contributed by atoms with Crippen molar-refractivity contribution < 1.29 is 0 Å². The number of allylic oxidation sites excluding steroid dienone is 3. The van der Waals surface area contributed by atoms with E-state index in [1.165, 1.54) is 17.3 Å². The quantitative estimate of drug-likeness (QED) is 0.681. The molecule has 0 fully saturated rings. The van der Waals surface area contributed by atoms with Crippen LogP contribution in [0, 0.1) is 6.92 Å². The fraction of sp³-hybridized carbons (Fsp3) is 0.429. The first-order valence-electron chi connectivity index (χ1n) is 6.30. The number of hydrogen-bond donors (Lipinski definition) is 1. The molecule has 1 N–H and O–H groups in total. The van der Waals surface area contributed by atoms with Gasteiger partial charge in [-0.3, -0.25) is 4.79 Å². The van der Waals surface area contributed by atoms with Crippen molar-refractivity contribution in [1.82, 2.24) is 14.9 Å². The summed E-state index contributed by atoms with van der Waals surface area (Å²) in [5.41, 5.74) is 3.20. The molecule has 1 aromatic rings. The standard InChI is InChI=1S/C14H19N3OS/c1-9-5-11(3)17(12(4)6-9)8-19-14-15-10(2)7-13(18)16-14/h5-7,11H,8H2,1-4H3,(H,15,16,18). The lowest BCUT2D eigenvalue weighted by Gasteiger charge is -2.32. The van der Waals surface area contributed by atoms with E-state index in [0.29, 0.717) is 11.2 Å². The zero-order chi connectivity index (χ0) is 14.0. The highest BCUT2D eigenvalue weighted by Crippen LogP contribution is 2.24. The Bertz CT molecular complexity index is 589. The Morgan fingerprint density at radius 2 is 2.16 bits per heavy atom. The number of thioether (sulfide) groups is 1. The number of nitrogens with zero attached hydrogens (tertiary/aromatic N) is 2. The number of rotatable bonds is 3. The van der Waals surface area contributed by atoms with Gasteiger partial charge in [-0.05, 0) is 33.8 Å². The number of hydrogen-bond acceptors (Lipinski definition) is 4. The Morgan fingerprint density at radius 3 is 2.79 bits per heavy atom. The van der Waals surface area contributed by atoms with Gasteiger partial charge in [0.25, 0.3) is 5.56 Å². The first-order chi connectivity index (χ1) is 8.95. The first kappa shape index (κ1) is 13.9. The first-order valence-corrected chi connectivity index (χ1v) is 7.28. The molecular formula is C14H19N3OS. The van der Waals surface area contributed by atoms with E-state index in [2.05, 4.69) is 47.8 Å². The third-order valence-electron chi connectivity index (χ3n) is 3.07. The van der Waals surface area contributed by atoms with Crippen LogP contribution in [0.3, 0.4) is 0 Å². The van der Waals surface area contributed by atoms with Crippen LogP contribution in [0.1, 0.15) is 26.5 Å². The van der Waals surface area contributed by atoms with Gasteiger partial charge in [0.2, 0.25) is 0 Å². The Balaban J connectivity index is 2.07. The van der Waals surface area contributed by atoms with E-state index >= 15 is 0 Å². The van der Waals surface area contributed by atoms with E-state index in [1.54, 1.807) is 11.8 Å². The second kappa shape index (κ2) is 5.65. The molecule has 0 spiro atoms. The van der Waals surface area contributed by atoms with E-state index in [0.717, 1.165) is 11.6 Å². The van der Waals surface area contributed by atoms with Crippen molar-refractivity contribution >= 4 is 11.8 Å². The molecule has 0 bridgehead atoms.